The molecule has 0 aliphatic carbocycles. The zero-order valence-electron chi connectivity index (χ0n) is 11.5. The average Bonchev–Trinajstić information content (AvgIpc) is 2.83. The fraction of sp³-hybridized carbons (Fsp3) is 0.467. The van der Waals surface area contributed by atoms with E-state index in [0.717, 1.165) is 43.6 Å². The van der Waals surface area contributed by atoms with E-state index in [4.69, 9.17) is 0 Å². The molecule has 1 aromatic heterocycles. The lowest BCUT2D eigenvalue weighted by Gasteiger charge is -2.26. The van der Waals surface area contributed by atoms with Gasteiger partial charge in [0.15, 0.2) is 0 Å². The summed E-state index contributed by atoms with van der Waals surface area (Å²) in [6, 6.07) is 8.11. The second-order valence-electron chi connectivity index (χ2n) is 5.36. The van der Waals surface area contributed by atoms with Gasteiger partial charge in [-0.2, -0.15) is 0 Å². The normalized spacial score (nSPS) is 15.2. The molecule has 2 heterocycles. The van der Waals surface area contributed by atoms with E-state index < -0.39 is 0 Å². The monoisotopic (exact) mass is 272 g/mol. The molecular formula is C15H20N4O. The third-order valence-electron chi connectivity index (χ3n) is 3.77. The standard InChI is InChI=1S/C15H20N4O/c20-15(8-12-9-16-10-12)17-6-3-7-19-11-18-13-4-1-2-5-14(13)19/h1-2,4-5,11-12,16H,3,6-10H2,(H,17,20). The highest BCUT2D eigenvalue weighted by atomic mass is 16.1. The maximum atomic E-state index is 11.7. The van der Waals surface area contributed by atoms with Crippen molar-refractivity contribution in [3.05, 3.63) is 30.6 Å². The lowest BCUT2D eigenvalue weighted by atomic mass is 9.99. The van der Waals surface area contributed by atoms with E-state index in [-0.39, 0.29) is 5.91 Å². The van der Waals surface area contributed by atoms with Crippen LogP contribution >= 0.6 is 0 Å². The molecular weight excluding hydrogens is 252 g/mol. The molecule has 0 bridgehead atoms. The molecule has 0 spiro atoms. The van der Waals surface area contributed by atoms with Gasteiger partial charge in [0.05, 0.1) is 17.4 Å². The number of nitrogens with one attached hydrogen (secondary N) is 2. The van der Waals surface area contributed by atoms with Crippen LogP contribution in [-0.2, 0) is 11.3 Å². The summed E-state index contributed by atoms with van der Waals surface area (Å²) >= 11 is 0. The van der Waals surface area contributed by atoms with Crippen molar-refractivity contribution in [3.63, 3.8) is 0 Å². The molecule has 2 N–H and O–H groups in total. The van der Waals surface area contributed by atoms with Gasteiger partial charge in [-0.05, 0) is 37.6 Å². The van der Waals surface area contributed by atoms with E-state index >= 15 is 0 Å². The number of imidazole rings is 1. The molecule has 0 saturated carbocycles. The maximum Gasteiger partial charge on any atom is 0.220 e. The Morgan fingerprint density at radius 1 is 1.40 bits per heavy atom. The third kappa shape index (κ3) is 2.99. The minimum Gasteiger partial charge on any atom is -0.356 e. The van der Waals surface area contributed by atoms with Crippen molar-refractivity contribution in [2.75, 3.05) is 19.6 Å². The second-order valence-corrected chi connectivity index (χ2v) is 5.36. The van der Waals surface area contributed by atoms with Crippen LogP contribution in [0.2, 0.25) is 0 Å². The number of carbonyl (C=O) groups is 1. The molecule has 20 heavy (non-hydrogen) atoms. The van der Waals surface area contributed by atoms with Crippen molar-refractivity contribution in [3.8, 4) is 0 Å². The largest absolute Gasteiger partial charge is 0.356 e. The first-order valence-corrected chi connectivity index (χ1v) is 7.20. The summed E-state index contributed by atoms with van der Waals surface area (Å²) < 4.78 is 2.14. The summed E-state index contributed by atoms with van der Waals surface area (Å²) in [7, 11) is 0. The summed E-state index contributed by atoms with van der Waals surface area (Å²) in [5, 5.41) is 6.17. The summed E-state index contributed by atoms with van der Waals surface area (Å²) in [6.07, 6.45) is 3.45. The Hall–Kier alpha value is -1.88. The first kappa shape index (κ1) is 13.1. The van der Waals surface area contributed by atoms with Crippen molar-refractivity contribution in [2.45, 2.75) is 19.4 Å². The molecule has 1 saturated heterocycles. The van der Waals surface area contributed by atoms with Crippen molar-refractivity contribution in [2.24, 2.45) is 5.92 Å². The maximum absolute atomic E-state index is 11.7. The van der Waals surface area contributed by atoms with Gasteiger partial charge in [0, 0.05) is 19.5 Å². The number of aryl methyl sites for hydroxylation is 1. The van der Waals surface area contributed by atoms with Gasteiger partial charge in [-0.3, -0.25) is 4.79 Å². The first-order chi connectivity index (χ1) is 9.83. The minimum atomic E-state index is 0.173. The first-order valence-electron chi connectivity index (χ1n) is 7.20. The number of hydrogen-bond donors (Lipinski definition) is 2. The summed E-state index contributed by atoms with van der Waals surface area (Å²) in [5.41, 5.74) is 2.17. The molecule has 1 aliphatic heterocycles. The summed E-state index contributed by atoms with van der Waals surface area (Å²) in [6.45, 7) is 3.57. The second kappa shape index (κ2) is 6.05. The Kier molecular flexibility index (Phi) is 3.97. The lowest BCUT2D eigenvalue weighted by Crippen LogP contribution is -2.44. The van der Waals surface area contributed by atoms with Crippen LogP contribution in [0.3, 0.4) is 0 Å². The summed E-state index contributed by atoms with van der Waals surface area (Å²) in [4.78, 5) is 16.0. The Labute approximate surface area is 118 Å². The zero-order valence-corrected chi connectivity index (χ0v) is 11.5. The van der Waals surface area contributed by atoms with Crippen LogP contribution in [0, 0.1) is 5.92 Å². The zero-order chi connectivity index (χ0) is 13.8. The van der Waals surface area contributed by atoms with Crippen LogP contribution in [0.5, 0.6) is 0 Å². The topological polar surface area (TPSA) is 59.0 Å². The van der Waals surface area contributed by atoms with Gasteiger partial charge in [-0.25, -0.2) is 4.98 Å². The number of fused-ring (bicyclic) bond motifs is 1. The number of rotatable bonds is 6. The van der Waals surface area contributed by atoms with Gasteiger partial charge in [0.1, 0.15) is 0 Å². The van der Waals surface area contributed by atoms with Gasteiger partial charge in [0.2, 0.25) is 5.91 Å². The van der Waals surface area contributed by atoms with Crippen LogP contribution in [0.4, 0.5) is 0 Å². The SMILES string of the molecule is O=C(CC1CNC1)NCCCn1cnc2ccccc21. The van der Waals surface area contributed by atoms with Gasteiger partial charge in [-0.15, -0.1) is 0 Å². The molecule has 106 valence electrons. The molecule has 0 radical (unpaired) electrons. The fourth-order valence-electron chi connectivity index (χ4n) is 2.49. The average molecular weight is 272 g/mol. The van der Waals surface area contributed by atoms with Crippen molar-refractivity contribution in [1.29, 1.82) is 0 Å². The molecule has 1 aromatic carbocycles. The molecule has 5 heteroatoms. The summed E-state index contributed by atoms with van der Waals surface area (Å²) in [5.74, 6) is 0.708. The van der Waals surface area contributed by atoms with E-state index in [1.165, 1.54) is 0 Å². The molecule has 0 unspecified atom stereocenters. The Morgan fingerprint density at radius 3 is 3.05 bits per heavy atom. The third-order valence-corrected chi connectivity index (χ3v) is 3.77. The van der Waals surface area contributed by atoms with Crippen molar-refractivity contribution < 1.29 is 4.79 Å². The van der Waals surface area contributed by atoms with Crippen LogP contribution in [0.1, 0.15) is 12.8 Å². The molecule has 5 nitrogen and oxygen atoms in total. The fourth-order valence-corrected chi connectivity index (χ4v) is 2.49. The highest BCUT2D eigenvalue weighted by Crippen LogP contribution is 2.12. The Balaban J connectivity index is 1.42. The number of hydrogen-bond acceptors (Lipinski definition) is 3. The Morgan fingerprint density at radius 2 is 2.25 bits per heavy atom. The molecule has 2 aromatic rings. The highest BCUT2D eigenvalue weighted by Gasteiger charge is 2.19. The smallest absolute Gasteiger partial charge is 0.220 e. The van der Waals surface area contributed by atoms with Crippen LogP contribution in [0.15, 0.2) is 30.6 Å². The molecule has 3 rings (SSSR count). The predicted molar refractivity (Wildman–Crippen MR) is 78.3 cm³/mol. The number of para-hydroxylation sites is 2. The van der Waals surface area contributed by atoms with Crippen LogP contribution in [-0.4, -0.2) is 35.1 Å². The van der Waals surface area contributed by atoms with Gasteiger partial charge in [-0.1, -0.05) is 12.1 Å². The molecule has 1 aliphatic rings. The van der Waals surface area contributed by atoms with E-state index in [9.17, 15) is 4.79 Å². The molecule has 1 amide bonds. The van der Waals surface area contributed by atoms with Gasteiger partial charge in [0.25, 0.3) is 0 Å². The lowest BCUT2D eigenvalue weighted by molar-refractivity contribution is -0.122. The number of amides is 1. The number of aromatic nitrogens is 2. The minimum absolute atomic E-state index is 0.173. The van der Waals surface area contributed by atoms with Crippen LogP contribution < -0.4 is 10.6 Å². The van der Waals surface area contributed by atoms with E-state index in [0.29, 0.717) is 12.3 Å². The molecule has 1 fully saturated rings. The van der Waals surface area contributed by atoms with Crippen LogP contribution in [0.25, 0.3) is 11.0 Å². The number of nitrogens with zero attached hydrogens (tertiary/aromatic N) is 2. The highest BCUT2D eigenvalue weighted by molar-refractivity contribution is 5.76. The van der Waals surface area contributed by atoms with E-state index in [1.807, 2.05) is 24.5 Å². The molecule has 0 atom stereocenters. The number of carbonyl (C=O) groups excluding carboxylic acids is 1. The van der Waals surface area contributed by atoms with Crippen molar-refractivity contribution in [1.82, 2.24) is 20.2 Å². The van der Waals surface area contributed by atoms with Crippen molar-refractivity contribution >= 4 is 16.9 Å². The Bertz CT molecular complexity index is 588. The quantitative estimate of drug-likeness (QED) is 0.776. The number of benzene rings is 1. The van der Waals surface area contributed by atoms with Gasteiger partial charge < -0.3 is 15.2 Å². The van der Waals surface area contributed by atoms with E-state index in [2.05, 4.69) is 26.3 Å². The predicted octanol–water partition coefficient (Wildman–Crippen LogP) is 1.15. The van der Waals surface area contributed by atoms with Gasteiger partial charge >= 0.3 is 0 Å². The van der Waals surface area contributed by atoms with E-state index in [1.54, 1.807) is 0 Å².